The molecule has 0 spiro atoms. The first kappa shape index (κ1) is 12.8. The van der Waals surface area contributed by atoms with Gasteiger partial charge in [0.25, 0.3) is 0 Å². The SMILES string of the molecule is COCC(C)C1CN=C(N)N1c1cccc(F)c1. The number of methoxy groups -OCH3 is 1. The van der Waals surface area contributed by atoms with Crippen molar-refractivity contribution in [3.05, 3.63) is 30.1 Å². The number of halogens is 1. The first-order valence-corrected chi connectivity index (χ1v) is 5.97. The predicted molar refractivity (Wildman–Crippen MR) is 70.2 cm³/mol. The topological polar surface area (TPSA) is 50.9 Å². The monoisotopic (exact) mass is 251 g/mol. The fraction of sp³-hybridized carbons (Fsp3) is 0.462. The van der Waals surface area contributed by atoms with Crippen LogP contribution in [-0.2, 0) is 4.74 Å². The highest BCUT2D eigenvalue weighted by Crippen LogP contribution is 2.25. The normalized spacial score (nSPS) is 20.9. The van der Waals surface area contributed by atoms with Gasteiger partial charge in [0, 0.05) is 18.7 Å². The van der Waals surface area contributed by atoms with Gasteiger partial charge in [-0.05, 0) is 18.2 Å². The molecule has 98 valence electrons. The second-order valence-electron chi connectivity index (χ2n) is 4.55. The van der Waals surface area contributed by atoms with E-state index in [2.05, 4.69) is 11.9 Å². The Balaban J connectivity index is 2.25. The molecule has 2 N–H and O–H groups in total. The lowest BCUT2D eigenvalue weighted by atomic mass is 10.0. The van der Waals surface area contributed by atoms with E-state index in [4.69, 9.17) is 10.5 Å². The predicted octanol–water partition coefficient (Wildman–Crippen LogP) is 1.61. The largest absolute Gasteiger partial charge is 0.384 e. The summed E-state index contributed by atoms with van der Waals surface area (Å²) in [6, 6.07) is 6.52. The van der Waals surface area contributed by atoms with Crippen molar-refractivity contribution in [2.45, 2.75) is 13.0 Å². The van der Waals surface area contributed by atoms with E-state index >= 15 is 0 Å². The van der Waals surface area contributed by atoms with Gasteiger partial charge in [-0.25, -0.2) is 4.39 Å². The highest BCUT2D eigenvalue weighted by molar-refractivity contribution is 5.97. The zero-order valence-electron chi connectivity index (χ0n) is 10.6. The van der Waals surface area contributed by atoms with E-state index in [-0.39, 0.29) is 17.8 Å². The van der Waals surface area contributed by atoms with Crippen LogP contribution in [0.1, 0.15) is 6.92 Å². The molecule has 2 rings (SSSR count). The molecule has 0 saturated heterocycles. The minimum Gasteiger partial charge on any atom is -0.384 e. The van der Waals surface area contributed by atoms with E-state index in [0.717, 1.165) is 5.69 Å². The number of benzene rings is 1. The van der Waals surface area contributed by atoms with Crippen molar-refractivity contribution in [3.8, 4) is 0 Å². The molecule has 0 amide bonds. The van der Waals surface area contributed by atoms with Gasteiger partial charge in [-0.1, -0.05) is 13.0 Å². The molecule has 0 bridgehead atoms. The molecule has 0 aromatic heterocycles. The van der Waals surface area contributed by atoms with Crippen molar-refractivity contribution >= 4 is 11.6 Å². The molecule has 0 saturated carbocycles. The van der Waals surface area contributed by atoms with Crippen LogP contribution in [0.2, 0.25) is 0 Å². The van der Waals surface area contributed by atoms with Crippen molar-refractivity contribution < 1.29 is 9.13 Å². The number of nitrogens with two attached hydrogens (primary N) is 1. The molecule has 0 aliphatic carbocycles. The van der Waals surface area contributed by atoms with Gasteiger partial charge < -0.3 is 15.4 Å². The maximum Gasteiger partial charge on any atom is 0.196 e. The van der Waals surface area contributed by atoms with Crippen molar-refractivity contribution in [1.82, 2.24) is 0 Å². The molecule has 0 radical (unpaired) electrons. The Hall–Kier alpha value is -1.62. The van der Waals surface area contributed by atoms with Gasteiger partial charge in [-0.2, -0.15) is 0 Å². The third-order valence-corrected chi connectivity index (χ3v) is 3.19. The average Bonchev–Trinajstić information content (AvgIpc) is 2.71. The summed E-state index contributed by atoms with van der Waals surface area (Å²) < 4.78 is 18.5. The van der Waals surface area contributed by atoms with Crippen molar-refractivity contribution in [3.63, 3.8) is 0 Å². The summed E-state index contributed by atoms with van der Waals surface area (Å²) in [5.74, 6) is 0.432. The van der Waals surface area contributed by atoms with E-state index in [1.54, 1.807) is 13.2 Å². The van der Waals surface area contributed by atoms with Gasteiger partial charge in [0.2, 0.25) is 0 Å². The summed E-state index contributed by atoms with van der Waals surface area (Å²) >= 11 is 0. The highest BCUT2D eigenvalue weighted by atomic mass is 19.1. The Morgan fingerprint density at radius 2 is 2.39 bits per heavy atom. The van der Waals surface area contributed by atoms with Crippen LogP contribution in [0.3, 0.4) is 0 Å². The Labute approximate surface area is 106 Å². The van der Waals surface area contributed by atoms with Gasteiger partial charge in [0.05, 0.1) is 19.2 Å². The van der Waals surface area contributed by atoms with Crippen molar-refractivity contribution in [2.24, 2.45) is 16.6 Å². The van der Waals surface area contributed by atoms with Crippen LogP contribution in [0.4, 0.5) is 10.1 Å². The average molecular weight is 251 g/mol. The summed E-state index contributed by atoms with van der Waals surface area (Å²) in [5, 5.41) is 0. The minimum atomic E-state index is -0.273. The Morgan fingerprint density at radius 3 is 3.06 bits per heavy atom. The molecule has 5 heteroatoms. The molecular weight excluding hydrogens is 233 g/mol. The van der Waals surface area contributed by atoms with E-state index in [9.17, 15) is 4.39 Å². The molecule has 0 fully saturated rings. The third kappa shape index (κ3) is 2.46. The number of guanidine groups is 1. The molecule has 2 atom stereocenters. The number of nitrogens with zero attached hydrogens (tertiary/aromatic N) is 2. The van der Waals surface area contributed by atoms with E-state index < -0.39 is 0 Å². The number of aliphatic imine (C=N–C) groups is 1. The first-order chi connectivity index (χ1) is 8.63. The van der Waals surface area contributed by atoms with Crippen molar-refractivity contribution in [1.29, 1.82) is 0 Å². The van der Waals surface area contributed by atoms with Crippen molar-refractivity contribution in [2.75, 3.05) is 25.2 Å². The molecular formula is C13H18FN3O. The lowest BCUT2D eigenvalue weighted by Crippen LogP contribution is -2.45. The second-order valence-corrected chi connectivity index (χ2v) is 4.55. The van der Waals surface area contributed by atoms with Crippen LogP contribution in [0.25, 0.3) is 0 Å². The minimum absolute atomic E-state index is 0.117. The maximum absolute atomic E-state index is 13.3. The quantitative estimate of drug-likeness (QED) is 0.884. The number of anilines is 1. The molecule has 1 aromatic rings. The van der Waals surface area contributed by atoms with Gasteiger partial charge in [0.15, 0.2) is 5.96 Å². The van der Waals surface area contributed by atoms with Crippen LogP contribution in [0, 0.1) is 11.7 Å². The van der Waals surface area contributed by atoms with E-state index in [0.29, 0.717) is 19.1 Å². The highest BCUT2D eigenvalue weighted by Gasteiger charge is 2.31. The maximum atomic E-state index is 13.3. The van der Waals surface area contributed by atoms with Crippen LogP contribution in [0.15, 0.2) is 29.3 Å². The molecule has 1 aliphatic rings. The number of rotatable bonds is 4. The number of hydrogen-bond acceptors (Lipinski definition) is 4. The zero-order valence-corrected chi connectivity index (χ0v) is 10.6. The lowest BCUT2D eigenvalue weighted by molar-refractivity contribution is 0.150. The lowest BCUT2D eigenvalue weighted by Gasteiger charge is -2.30. The summed E-state index contributed by atoms with van der Waals surface area (Å²) in [4.78, 5) is 6.13. The van der Waals surface area contributed by atoms with Crippen LogP contribution in [-0.4, -0.2) is 32.3 Å². The summed E-state index contributed by atoms with van der Waals surface area (Å²) in [7, 11) is 1.67. The Morgan fingerprint density at radius 1 is 1.61 bits per heavy atom. The molecule has 1 aliphatic heterocycles. The molecule has 2 unspecified atom stereocenters. The zero-order chi connectivity index (χ0) is 13.1. The molecule has 1 aromatic carbocycles. The van der Waals surface area contributed by atoms with E-state index in [1.165, 1.54) is 12.1 Å². The van der Waals surface area contributed by atoms with Gasteiger partial charge in [-0.15, -0.1) is 0 Å². The summed E-state index contributed by atoms with van der Waals surface area (Å²) in [6.45, 7) is 3.32. The van der Waals surface area contributed by atoms with Crippen LogP contribution >= 0.6 is 0 Å². The molecule has 18 heavy (non-hydrogen) atoms. The first-order valence-electron chi connectivity index (χ1n) is 5.97. The number of ether oxygens (including phenoxy) is 1. The fourth-order valence-electron chi connectivity index (χ4n) is 2.27. The molecule has 4 nitrogen and oxygen atoms in total. The van der Waals surface area contributed by atoms with E-state index in [1.807, 2.05) is 11.0 Å². The van der Waals surface area contributed by atoms with Gasteiger partial charge in [-0.3, -0.25) is 4.99 Å². The summed E-state index contributed by atoms with van der Waals surface area (Å²) in [6.07, 6.45) is 0. The standard InChI is InChI=1S/C13H18FN3O/c1-9(8-18-2)12-7-16-13(15)17(12)11-5-3-4-10(14)6-11/h3-6,9,12H,7-8H2,1-2H3,(H2,15,16). The Bertz CT molecular complexity index is 450. The second kappa shape index (κ2) is 5.35. The molecule has 1 heterocycles. The van der Waals surface area contributed by atoms with Gasteiger partial charge >= 0.3 is 0 Å². The summed E-state index contributed by atoms with van der Waals surface area (Å²) in [5.41, 5.74) is 6.64. The Kier molecular flexibility index (Phi) is 3.81. The fourth-order valence-corrected chi connectivity index (χ4v) is 2.27. The third-order valence-electron chi connectivity index (χ3n) is 3.19. The van der Waals surface area contributed by atoms with Crippen LogP contribution < -0.4 is 10.6 Å². The van der Waals surface area contributed by atoms with Gasteiger partial charge in [0.1, 0.15) is 5.82 Å². The van der Waals surface area contributed by atoms with Crippen LogP contribution in [0.5, 0.6) is 0 Å². The smallest absolute Gasteiger partial charge is 0.196 e. The number of hydrogen-bond donors (Lipinski definition) is 1.